The number of hydrogen-bond donors (Lipinski definition) is 0. The molecule has 2 rings (SSSR count). The van der Waals surface area contributed by atoms with Gasteiger partial charge in [-0.1, -0.05) is 4.49 Å². The van der Waals surface area contributed by atoms with Gasteiger partial charge in [-0.3, -0.25) is 0 Å². The fourth-order valence-corrected chi connectivity index (χ4v) is 3.57. The molecule has 1 fully saturated rings. The van der Waals surface area contributed by atoms with Crippen LogP contribution in [0.4, 0.5) is 0 Å². The summed E-state index contributed by atoms with van der Waals surface area (Å²) in [6, 6.07) is 0. The van der Waals surface area contributed by atoms with Crippen LogP contribution in [-0.2, 0) is 11.2 Å². The zero-order valence-electron chi connectivity index (χ0n) is 7.10. The Kier molecular flexibility index (Phi) is 2.64. The first-order valence-corrected chi connectivity index (χ1v) is 5.97. The van der Waals surface area contributed by atoms with E-state index < -0.39 is 0 Å². The number of thioether (sulfide) groups is 1. The molecule has 1 aromatic rings. The van der Waals surface area contributed by atoms with Crippen LogP contribution in [0.1, 0.15) is 17.7 Å². The second-order valence-electron chi connectivity index (χ2n) is 3.20. The van der Waals surface area contributed by atoms with Crippen molar-refractivity contribution in [1.82, 2.24) is 9.59 Å². The van der Waals surface area contributed by atoms with Crippen LogP contribution in [0.5, 0.6) is 0 Å². The van der Waals surface area contributed by atoms with Gasteiger partial charge in [0.1, 0.15) is 6.29 Å². The minimum Gasteiger partial charge on any atom is -0.302 e. The van der Waals surface area contributed by atoms with Crippen molar-refractivity contribution in [2.75, 3.05) is 5.75 Å². The standard InChI is InChI=1S/C8H10N2OS2/c11-6-8(2-1-3-12-8)4-7-5-9-10-13-7/h5-6H,1-4H2. The summed E-state index contributed by atoms with van der Waals surface area (Å²) in [6.45, 7) is 0. The van der Waals surface area contributed by atoms with Crippen LogP contribution in [0.2, 0.25) is 0 Å². The summed E-state index contributed by atoms with van der Waals surface area (Å²) in [5.41, 5.74) is 0. The molecule has 1 saturated heterocycles. The second kappa shape index (κ2) is 3.75. The van der Waals surface area contributed by atoms with Crippen molar-refractivity contribution in [2.45, 2.75) is 24.0 Å². The largest absolute Gasteiger partial charge is 0.302 e. The number of hydrogen-bond acceptors (Lipinski definition) is 5. The molecule has 0 saturated carbocycles. The lowest BCUT2D eigenvalue weighted by molar-refractivity contribution is -0.109. The Bertz CT molecular complexity index is 280. The first kappa shape index (κ1) is 9.15. The fourth-order valence-electron chi connectivity index (χ4n) is 1.55. The highest BCUT2D eigenvalue weighted by Crippen LogP contribution is 2.39. The van der Waals surface area contributed by atoms with Crippen molar-refractivity contribution >= 4 is 29.6 Å². The Balaban J connectivity index is 2.10. The van der Waals surface area contributed by atoms with Crippen molar-refractivity contribution in [3.8, 4) is 0 Å². The molecule has 1 aromatic heterocycles. The maximum atomic E-state index is 11.0. The molecule has 1 unspecified atom stereocenters. The molecular formula is C8H10N2OS2. The predicted octanol–water partition coefficient (Wildman–Crippen LogP) is 1.55. The third-order valence-corrected chi connectivity index (χ3v) is 4.40. The number of aromatic nitrogens is 2. The lowest BCUT2D eigenvalue weighted by Crippen LogP contribution is -2.25. The molecule has 0 radical (unpaired) electrons. The van der Waals surface area contributed by atoms with Gasteiger partial charge in [-0.15, -0.1) is 16.9 Å². The summed E-state index contributed by atoms with van der Waals surface area (Å²) in [5, 5.41) is 3.77. The van der Waals surface area contributed by atoms with Gasteiger partial charge in [-0.05, 0) is 30.1 Å². The summed E-state index contributed by atoms with van der Waals surface area (Å²) < 4.78 is 3.62. The molecule has 0 N–H and O–H groups in total. The highest BCUT2D eigenvalue weighted by molar-refractivity contribution is 8.01. The molecule has 0 bridgehead atoms. The first-order chi connectivity index (χ1) is 6.35. The molecular weight excluding hydrogens is 204 g/mol. The SMILES string of the molecule is O=CC1(Cc2cnns2)CCCS1. The molecule has 0 aromatic carbocycles. The lowest BCUT2D eigenvalue weighted by Gasteiger charge is -2.18. The Morgan fingerprint density at radius 2 is 2.62 bits per heavy atom. The Hall–Kier alpha value is -0.420. The zero-order chi connectivity index (χ0) is 9.15. The maximum Gasteiger partial charge on any atom is 0.136 e. The van der Waals surface area contributed by atoms with Crippen molar-refractivity contribution in [3.05, 3.63) is 11.1 Å². The molecule has 70 valence electrons. The van der Waals surface area contributed by atoms with E-state index >= 15 is 0 Å². The molecule has 3 nitrogen and oxygen atoms in total. The summed E-state index contributed by atoms with van der Waals surface area (Å²) in [7, 11) is 0. The van der Waals surface area contributed by atoms with Crippen LogP contribution < -0.4 is 0 Å². The predicted molar refractivity (Wildman–Crippen MR) is 54.1 cm³/mol. The highest BCUT2D eigenvalue weighted by atomic mass is 32.2. The van der Waals surface area contributed by atoms with Gasteiger partial charge in [-0.2, -0.15) is 0 Å². The van der Waals surface area contributed by atoms with E-state index in [0.717, 1.165) is 36.2 Å². The summed E-state index contributed by atoms with van der Waals surface area (Å²) >= 11 is 3.16. The van der Waals surface area contributed by atoms with Crippen LogP contribution in [0.25, 0.3) is 0 Å². The van der Waals surface area contributed by atoms with E-state index in [4.69, 9.17) is 0 Å². The summed E-state index contributed by atoms with van der Waals surface area (Å²) in [6.07, 6.45) is 5.81. The summed E-state index contributed by atoms with van der Waals surface area (Å²) in [4.78, 5) is 12.1. The van der Waals surface area contributed by atoms with E-state index in [2.05, 4.69) is 9.59 Å². The van der Waals surface area contributed by atoms with Gasteiger partial charge in [-0.25, -0.2) is 0 Å². The average Bonchev–Trinajstić information content (AvgIpc) is 2.77. The molecule has 13 heavy (non-hydrogen) atoms. The molecule has 0 spiro atoms. The number of nitrogens with zero attached hydrogens (tertiary/aromatic N) is 2. The van der Waals surface area contributed by atoms with Gasteiger partial charge in [0.15, 0.2) is 0 Å². The second-order valence-corrected chi connectivity index (χ2v) is 5.58. The lowest BCUT2D eigenvalue weighted by atomic mass is 10.0. The quantitative estimate of drug-likeness (QED) is 0.716. The molecule has 5 heteroatoms. The minimum atomic E-state index is -0.172. The van der Waals surface area contributed by atoms with Gasteiger partial charge in [0.25, 0.3) is 0 Å². The Morgan fingerprint density at radius 3 is 3.15 bits per heavy atom. The van der Waals surface area contributed by atoms with Crippen molar-refractivity contribution in [2.24, 2.45) is 0 Å². The van der Waals surface area contributed by atoms with E-state index in [1.807, 2.05) is 0 Å². The van der Waals surface area contributed by atoms with Crippen LogP contribution in [-0.4, -0.2) is 26.4 Å². The van der Waals surface area contributed by atoms with E-state index in [1.165, 1.54) is 11.5 Å². The van der Waals surface area contributed by atoms with Gasteiger partial charge in [0, 0.05) is 11.3 Å². The van der Waals surface area contributed by atoms with Crippen LogP contribution in [0, 0.1) is 0 Å². The molecule has 1 aliphatic heterocycles. The third kappa shape index (κ3) is 1.91. The number of carbonyl (C=O) groups excluding carboxylic acids is 1. The molecule has 1 atom stereocenters. The number of carbonyl (C=O) groups is 1. The molecule has 0 aliphatic carbocycles. The maximum absolute atomic E-state index is 11.0. The first-order valence-electron chi connectivity index (χ1n) is 4.21. The zero-order valence-corrected chi connectivity index (χ0v) is 8.74. The van der Waals surface area contributed by atoms with Crippen LogP contribution >= 0.6 is 23.3 Å². The normalized spacial score (nSPS) is 27.7. The van der Waals surface area contributed by atoms with Crippen LogP contribution in [0.3, 0.4) is 0 Å². The van der Waals surface area contributed by atoms with Crippen molar-refractivity contribution in [3.63, 3.8) is 0 Å². The highest BCUT2D eigenvalue weighted by Gasteiger charge is 2.35. The monoisotopic (exact) mass is 214 g/mol. The van der Waals surface area contributed by atoms with Gasteiger partial charge < -0.3 is 4.79 Å². The smallest absolute Gasteiger partial charge is 0.136 e. The topological polar surface area (TPSA) is 42.9 Å². The molecule has 2 heterocycles. The molecule has 0 amide bonds. The number of rotatable bonds is 3. The van der Waals surface area contributed by atoms with Crippen molar-refractivity contribution < 1.29 is 4.79 Å². The Morgan fingerprint density at radius 1 is 1.69 bits per heavy atom. The number of aldehydes is 1. The fraction of sp³-hybridized carbons (Fsp3) is 0.625. The summed E-state index contributed by atoms with van der Waals surface area (Å²) in [5.74, 6) is 1.10. The Labute approximate surface area is 85.1 Å². The van der Waals surface area contributed by atoms with Gasteiger partial charge >= 0.3 is 0 Å². The van der Waals surface area contributed by atoms with E-state index in [1.54, 1.807) is 18.0 Å². The van der Waals surface area contributed by atoms with Gasteiger partial charge in [0.05, 0.1) is 10.9 Å². The van der Waals surface area contributed by atoms with Crippen LogP contribution in [0.15, 0.2) is 6.20 Å². The van der Waals surface area contributed by atoms with E-state index in [0.29, 0.717) is 0 Å². The van der Waals surface area contributed by atoms with E-state index in [-0.39, 0.29) is 4.75 Å². The molecule has 1 aliphatic rings. The van der Waals surface area contributed by atoms with E-state index in [9.17, 15) is 4.79 Å². The van der Waals surface area contributed by atoms with Crippen molar-refractivity contribution in [1.29, 1.82) is 0 Å². The minimum absolute atomic E-state index is 0.172. The van der Waals surface area contributed by atoms with Gasteiger partial charge in [0.2, 0.25) is 0 Å². The third-order valence-electron chi connectivity index (χ3n) is 2.23. The average molecular weight is 214 g/mol.